The van der Waals surface area contributed by atoms with Crippen LogP contribution in [0.4, 0.5) is 5.69 Å². The number of likely N-dealkylation sites (N-methyl/N-ethyl adjacent to an activating group) is 1. The third-order valence-corrected chi connectivity index (χ3v) is 6.31. The number of phenols is 1. The Balaban J connectivity index is 1.82. The summed E-state index contributed by atoms with van der Waals surface area (Å²) in [5.74, 6) is 0.127. The van der Waals surface area contributed by atoms with Gasteiger partial charge in [0.05, 0.1) is 11.4 Å². The molecule has 4 rings (SSSR count). The average molecular weight is 447 g/mol. The number of carbonyl (C=O) groups excluding carboxylic acids is 1. The molecule has 32 heavy (non-hydrogen) atoms. The first-order valence-corrected chi connectivity index (χ1v) is 11.3. The minimum absolute atomic E-state index is 0.0556. The topological polar surface area (TPSA) is 52.9 Å². The molecule has 1 aliphatic heterocycles. The average Bonchev–Trinajstić information content (AvgIpc) is 2.90. The molecule has 1 aliphatic rings. The lowest BCUT2D eigenvalue weighted by Gasteiger charge is -2.21. The van der Waals surface area contributed by atoms with Crippen molar-refractivity contribution in [1.29, 1.82) is 0 Å². The number of benzodiazepines with no additional fused rings is 1. The van der Waals surface area contributed by atoms with Gasteiger partial charge in [-0.05, 0) is 72.0 Å². The normalized spacial score (nSPS) is 15.9. The van der Waals surface area contributed by atoms with Crippen LogP contribution in [0.15, 0.2) is 65.7 Å². The van der Waals surface area contributed by atoms with Crippen LogP contribution in [0.1, 0.15) is 41.7 Å². The van der Waals surface area contributed by atoms with Crippen LogP contribution in [0, 0.1) is 0 Å². The minimum atomic E-state index is -0.563. The molecule has 0 spiro atoms. The van der Waals surface area contributed by atoms with Gasteiger partial charge in [0.2, 0.25) is 0 Å². The lowest BCUT2D eigenvalue weighted by molar-refractivity contribution is -0.119. The first kappa shape index (κ1) is 22.1. The Morgan fingerprint density at radius 2 is 1.69 bits per heavy atom. The van der Waals surface area contributed by atoms with Gasteiger partial charge in [0.15, 0.2) is 0 Å². The monoisotopic (exact) mass is 446 g/mol. The summed E-state index contributed by atoms with van der Waals surface area (Å²) in [6, 6.07) is 18.3. The highest BCUT2D eigenvalue weighted by Gasteiger charge is 2.30. The number of halogens is 1. The van der Waals surface area contributed by atoms with E-state index in [0.717, 1.165) is 35.2 Å². The van der Waals surface area contributed by atoms with Gasteiger partial charge in [-0.3, -0.25) is 9.79 Å². The van der Waals surface area contributed by atoms with Gasteiger partial charge in [-0.1, -0.05) is 43.6 Å². The molecule has 0 aliphatic carbocycles. The number of anilines is 1. The molecule has 1 unspecified atom stereocenters. The van der Waals surface area contributed by atoms with E-state index in [1.165, 1.54) is 11.1 Å². The van der Waals surface area contributed by atoms with Gasteiger partial charge in [0.25, 0.3) is 5.91 Å². The van der Waals surface area contributed by atoms with Crippen LogP contribution in [0.25, 0.3) is 0 Å². The third-order valence-electron chi connectivity index (χ3n) is 6.08. The van der Waals surface area contributed by atoms with Crippen LogP contribution in [0.3, 0.4) is 0 Å². The third kappa shape index (κ3) is 4.28. The van der Waals surface area contributed by atoms with Crippen molar-refractivity contribution in [2.75, 3.05) is 11.9 Å². The summed E-state index contributed by atoms with van der Waals surface area (Å²) >= 11 is 6.32. The van der Waals surface area contributed by atoms with Crippen molar-refractivity contribution < 1.29 is 9.90 Å². The molecule has 164 valence electrons. The Labute approximate surface area is 194 Å². The van der Waals surface area contributed by atoms with E-state index < -0.39 is 6.04 Å². The van der Waals surface area contributed by atoms with E-state index in [4.69, 9.17) is 16.6 Å². The van der Waals surface area contributed by atoms with E-state index in [-0.39, 0.29) is 11.7 Å². The van der Waals surface area contributed by atoms with Crippen molar-refractivity contribution in [3.63, 3.8) is 0 Å². The van der Waals surface area contributed by atoms with E-state index >= 15 is 0 Å². The first-order valence-electron chi connectivity index (χ1n) is 11.0. The molecule has 4 nitrogen and oxygen atoms in total. The van der Waals surface area contributed by atoms with Gasteiger partial charge in [-0.15, -0.1) is 0 Å². The molecule has 0 saturated heterocycles. The molecule has 0 fully saturated rings. The highest BCUT2D eigenvalue weighted by molar-refractivity contribution is 6.32. The second-order valence-electron chi connectivity index (χ2n) is 8.11. The lowest BCUT2D eigenvalue weighted by Crippen LogP contribution is -2.36. The molecule has 0 bridgehead atoms. The Kier molecular flexibility index (Phi) is 6.33. The minimum Gasteiger partial charge on any atom is -0.508 e. The number of nitrogens with zero attached hydrogens (tertiary/aromatic N) is 2. The van der Waals surface area contributed by atoms with E-state index in [1.807, 2.05) is 24.3 Å². The molecule has 1 heterocycles. The Hall–Kier alpha value is -3.11. The fourth-order valence-electron chi connectivity index (χ4n) is 4.30. The Bertz CT molecular complexity index is 1180. The van der Waals surface area contributed by atoms with Gasteiger partial charge in [-0.2, -0.15) is 0 Å². The number of phenolic OH excluding ortho intramolecular Hbond substituents is 1. The molecule has 3 aromatic rings. The number of hydrogen-bond donors (Lipinski definition) is 1. The number of rotatable bonds is 5. The van der Waals surface area contributed by atoms with Crippen LogP contribution in [-0.2, 0) is 24.1 Å². The number of fused-ring (bicyclic) bond motifs is 1. The lowest BCUT2D eigenvalue weighted by atomic mass is 9.96. The molecular weight excluding hydrogens is 420 g/mol. The summed E-state index contributed by atoms with van der Waals surface area (Å²) in [6.07, 6.45) is 2.47. The maximum absolute atomic E-state index is 13.5. The molecule has 0 radical (unpaired) electrons. The second kappa shape index (κ2) is 9.17. The number of carbonyl (C=O) groups is 1. The molecule has 1 N–H and O–H groups in total. The first-order chi connectivity index (χ1) is 15.4. The van der Waals surface area contributed by atoms with Gasteiger partial charge >= 0.3 is 0 Å². The van der Waals surface area contributed by atoms with Crippen molar-refractivity contribution in [3.8, 4) is 5.75 Å². The number of aryl methyl sites for hydroxylation is 2. The zero-order valence-corrected chi connectivity index (χ0v) is 19.4. The Morgan fingerprint density at radius 3 is 2.38 bits per heavy atom. The van der Waals surface area contributed by atoms with Crippen molar-refractivity contribution in [3.05, 3.63) is 93.5 Å². The van der Waals surface area contributed by atoms with Crippen molar-refractivity contribution in [2.24, 2.45) is 4.99 Å². The molecule has 0 saturated carbocycles. The van der Waals surface area contributed by atoms with Crippen LogP contribution >= 0.6 is 11.6 Å². The van der Waals surface area contributed by atoms with E-state index in [1.54, 1.807) is 30.1 Å². The van der Waals surface area contributed by atoms with Crippen LogP contribution in [0.5, 0.6) is 5.75 Å². The fourth-order valence-corrected chi connectivity index (χ4v) is 4.47. The number of amides is 1. The summed E-state index contributed by atoms with van der Waals surface area (Å²) in [5.41, 5.74) is 6.86. The van der Waals surface area contributed by atoms with Gasteiger partial charge in [0, 0.05) is 29.6 Å². The molecule has 3 aromatic carbocycles. The SMILES string of the molecule is CCc1ccc(CC2N=C(c3ccc(O)cc3)c3cc(Cl)ccc3N(C)C2=O)cc1CC. The predicted molar refractivity (Wildman–Crippen MR) is 131 cm³/mol. The maximum atomic E-state index is 13.5. The number of hydrogen-bond acceptors (Lipinski definition) is 3. The van der Waals surface area contributed by atoms with E-state index in [2.05, 4.69) is 32.0 Å². The summed E-state index contributed by atoms with van der Waals surface area (Å²) < 4.78 is 0. The molecule has 1 amide bonds. The van der Waals surface area contributed by atoms with Crippen LogP contribution in [-0.4, -0.2) is 29.8 Å². The zero-order chi connectivity index (χ0) is 22.8. The van der Waals surface area contributed by atoms with Crippen molar-refractivity contribution >= 4 is 28.9 Å². The number of benzene rings is 3. The van der Waals surface area contributed by atoms with Crippen LogP contribution in [0.2, 0.25) is 5.02 Å². The highest BCUT2D eigenvalue weighted by Crippen LogP contribution is 2.31. The largest absolute Gasteiger partial charge is 0.508 e. The summed E-state index contributed by atoms with van der Waals surface area (Å²) in [6.45, 7) is 4.32. The van der Waals surface area contributed by atoms with Gasteiger partial charge in [0.1, 0.15) is 11.8 Å². The smallest absolute Gasteiger partial charge is 0.251 e. The highest BCUT2D eigenvalue weighted by atomic mass is 35.5. The predicted octanol–water partition coefficient (Wildman–Crippen LogP) is 5.60. The molecule has 0 aromatic heterocycles. The summed E-state index contributed by atoms with van der Waals surface area (Å²) in [5, 5.41) is 10.3. The summed E-state index contributed by atoms with van der Waals surface area (Å²) in [4.78, 5) is 20.1. The quantitative estimate of drug-likeness (QED) is 0.555. The van der Waals surface area contributed by atoms with Gasteiger partial charge < -0.3 is 10.0 Å². The van der Waals surface area contributed by atoms with E-state index in [0.29, 0.717) is 17.2 Å². The fraction of sp³-hybridized carbons (Fsp3) is 0.259. The maximum Gasteiger partial charge on any atom is 0.251 e. The standard InChI is InChI=1S/C27H27ClN2O2/c1-4-18-7-6-17(14-19(18)5-2)15-24-27(32)30(3)25-13-10-21(28)16-23(25)26(29-24)20-8-11-22(31)12-9-20/h6-14,16,24,31H,4-5,15H2,1-3H3. The number of aromatic hydroxyl groups is 1. The van der Waals surface area contributed by atoms with Crippen LogP contribution < -0.4 is 4.90 Å². The van der Waals surface area contributed by atoms with Crippen molar-refractivity contribution in [2.45, 2.75) is 39.2 Å². The van der Waals surface area contributed by atoms with E-state index in [9.17, 15) is 9.90 Å². The van der Waals surface area contributed by atoms with Gasteiger partial charge in [-0.25, -0.2) is 0 Å². The number of aliphatic imine (C=N–C) groups is 1. The molecule has 5 heteroatoms. The second-order valence-corrected chi connectivity index (χ2v) is 8.55. The Morgan fingerprint density at radius 1 is 0.969 bits per heavy atom. The van der Waals surface area contributed by atoms with Crippen molar-refractivity contribution in [1.82, 2.24) is 0 Å². The summed E-state index contributed by atoms with van der Waals surface area (Å²) in [7, 11) is 1.79. The zero-order valence-electron chi connectivity index (χ0n) is 18.6. The molecular formula is C27H27ClN2O2. The molecule has 1 atom stereocenters.